The van der Waals surface area contributed by atoms with Crippen molar-refractivity contribution in [3.63, 3.8) is 0 Å². The van der Waals surface area contributed by atoms with E-state index < -0.39 is 14.9 Å². The lowest BCUT2D eigenvalue weighted by Gasteiger charge is -2.30. The number of sulfonamides is 1. The van der Waals surface area contributed by atoms with Crippen LogP contribution in [0.4, 0.5) is 10.7 Å². The number of hydrogen-bond donors (Lipinski definition) is 1. The Labute approximate surface area is 131 Å². The van der Waals surface area contributed by atoms with Crippen LogP contribution in [0.2, 0.25) is 0 Å². The van der Waals surface area contributed by atoms with E-state index >= 15 is 0 Å². The van der Waals surface area contributed by atoms with Crippen molar-refractivity contribution in [2.75, 3.05) is 31.2 Å². The third-order valence-electron chi connectivity index (χ3n) is 3.26. The number of thioether (sulfide) groups is 1. The van der Waals surface area contributed by atoms with Crippen LogP contribution in [0.3, 0.4) is 0 Å². The first-order chi connectivity index (χ1) is 9.90. The molecule has 10 heteroatoms. The van der Waals surface area contributed by atoms with Crippen molar-refractivity contribution in [2.45, 2.75) is 22.8 Å². The van der Waals surface area contributed by atoms with Crippen molar-refractivity contribution < 1.29 is 13.3 Å². The maximum absolute atomic E-state index is 12.6. The topological polar surface area (TPSA) is 92.5 Å². The van der Waals surface area contributed by atoms with Gasteiger partial charge in [0.25, 0.3) is 10.0 Å². The lowest BCUT2D eigenvalue weighted by Crippen LogP contribution is -2.41. The minimum Gasteiger partial charge on any atom is -0.374 e. The van der Waals surface area contributed by atoms with Gasteiger partial charge in [0, 0.05) is 37.2 Å². The molecule has 1 atom stereocenters. The first-order valence-electron chi connectivity index (χ1n) is 6.47. The zero-order valence-corrected chi connectivity index (χ0v) is 14.2. The summed E-state index contributed by atoms with van der Waals surface area (Å²) in [4.78, 5) is 10.4. The van der Waals surface area contributed by atoms with Crippen molar-refractivity contribution >= 4 is 43.8 Å². The molecule has 0 amide bonds. The largest absolute Gasteiger partial charge is 0.374 e. The quantitative estimate of drug-likeness (QED) is 0.646. The Bertz CT molecular complexity index is 629. The molecule has 1 unspecified atom stereocenters. The van der Waals surface area contributed by atoms with Crippen molar-refractivity contribution in [3.8, 4) is 0 Å². The summed E-state index contributed by atoms with van der Waals surface area (Å²) in [6.45, 7) is 2.94. The molecule has 0 saturated carbocycles. The van der Waals surface area contributed by atoms with Crippen LogP contribution in [0.5, 0.6) is 0 Å². The lowest BCUT2D eigenvalue weighted by atomic mass is 10.3. The number of nitro groups is 1. The van der Waals surface area contributed by atoms with Gasteiger partial charge in [0.1, 0.15) is 4.21 Å². The lowest BCUT2D eigenvalue weighted by molar-refractivity contribution is -0.383. The molecule has 0 bridgehead atoms. The van der Waals surface area contributed by atoms with E-state index in [9.17, 15) is 18.5 Å². The number of thiophene rings is 1. The van der Waals surface area contributed by atoms with E-state index in [1.54, 1.807) is 18.8 Å². The molecule has 21 heavy (non-hydrogen) atoms. The van der Waals surface area contributed by atoms with Crippen LogP contribution in [0.25, 0.3) is 0 Å². The second-order valence-corrected chi connectivity index (χ2v) is 9.18. The van der Waals surface area contributed by atoms with Crippen molar-refractivity contribution in [1.29, 1.82) is 0 Å². The Morgan fingerprint density at radius 1 is 1.57 bits per heavy atom. The number of nitrogens with one attached hydrogen (secondary N) is 1. The average Bonchev–Trinajstić information content (AvgIpc) is 2.92. The molecule has 1 aliphatic heterocycles. The van der Waals surface area contributed by atoms with Crippen LogP contribution in [0.1, 0.15) is 13.3 Å². The van der Waals surface area contributed by atoms with Gasteiger partial charge >= 0.3 is 5.69 Å². The summed E-state index contributed by atoms with van der Waals surface area (Å²) in [5.41, 5.74) is -0.195. The SMILES string of the molecule is CCC1CN(S(=O)(=O)c2cc([N+](=O)[O-])c(NC)s2)CCS1. The summed E-state index contributed by atoms with van der Waals surface area (Å²) < 4.78 is 26.7. The normalized spacial score (nSPS) is 20.4. The molecule has 0 aliphatic carbocycles. The Hall–Kier alpha value is -0.840. The fourth-order valence-electron chi connectivity index (χ4n) is 2.09. The molecule has 1 aliphatic rings. The molecule has 1 aromatic rings. The van der Waals surface area contributed by atoms with E-state index in [0.29, 0.717) is 13.1 Å². The third-order valence-corrected chi connectivity index (χ3v) is 8.09. The highest BCUT2D eigenvalue weighted by molar-refractivity contribution is 8.00. The molecule has 0 aromatic carbocycles. The van der Waals surface area contributed by atoms with Crippen LogP contribution >= 0.6 is 23.1 Å². The van der Waals surface area contributed by atoms with Gasteiger partial charge in [-0.25, -0.2) is 8.42 Å². The first-order valence-corrected chi connectivity index (χ1v) is 9.78. The van der Waals surface area contributed by atoms with Crippen LogP contribution in [0, 0.1) is 10.1 Å². The van der Waals surface area contributed by atoms with Crippen LogP contribution in [0.15, 0.2) is 10.3 Å². The predicted molar refractivity (Wildman–Crippen MR) is 85.8 cm³/mol. The molecular formula is C11H17N3O4S3. The summed E-state index contributed by atoms with van der Waals surface area (Å²) in [5, 5.41) is 14.2. The fraction of sp³-hybridized carbons (Fsp3) is 0.636. The molecule has 1 fully saturated rings. The summed E-state index contributed by atoms with van der Waals surface area (Å²) >= 11 is 2.68. The number of nitrogens with zero attached hydrogens (tertiary/aromatic N) is 2. The number of rotatable bonds is 5. The molecule has 118 valence electrons. The van der Waals surface area contributed by atoms with Gasteiger partial charge in [0.2, 0.25) is 0 Å². The van der Waals surface area contributed by atoms with Crippen molar-refractivity contribution in [2.24, 2.45) is 0 Å². The molecule has 0 spiro atoms. The maximum Gasteiger partial charge on any atom is 0.304 e. The van der Waals surface area contributed by atoms with Gasteiger partial charge in [0.05, 0.1) is 4.92 Å². The van der Waals surface area contributed by atoms with Gasteiger partial charge in [-0.1, -0.05) is 18.3 Å². The molecule has 2 heterocycles. The van der Waals surface area contributed by atoms with Crippen molar-refractivity contribution in [1.82, 2.24) is 4.31 Å². The van der Waals surface area contributed by atoms with Gasteiger partial charge in [-0.2, -0.15) is 16.1 Å². The van der Waals surface area contributed by atoms with Crippen LogP contribution in [-0.2, 0) is 10.0 Å². The second-order valence-electron chi connectivity index (χ2n) is 4.55. The van der Waals surface area contributed by atoms with Gasteiger partial charge in [-0.15, -0.1) is 0 Å². The Morgan fingerprint density at radius 2 is 2.29 bits per heavy atom. The summed E-state index contributed by atoms with van der Waals surface area (Å²) in [5.74, 6) is 0.754. The summed E-state index contributed by atoms with van der Waals surface area (Å²) in [7, 11) is -2.11. The van der Waals surface area contributed by atoms with E-state index in [1.165, 1.54) is 4.31 Å². The molecule has 1 saturated heterocycles. The summed E-state index contributed by atoms with van der Waals surface area (Å²) in [6, 6.07) is 1.15. The zero-order valence-electron chi connectivity index (χ0n) is 11.7. The van der Waals surface area contributed by atoms with Gasteiger partial charge in [-0.3, -0.25) is 10.1 Å². The highest BCUT2D eigenvalue weighted by Gasteiger charge is 2.33. The van der Waals surface area contributed by atoms with Crippen LogP contribution < -0.4 is 5.32 Å². The highest BCUT2D eigenvalue weighted by atomic mass is 32.2. The molecular weight excluding hydrogens is 334 g/mol. The highest BCUT2D eigenvalue weighted by Crippen LogP contribution is 2.38. The summed E-state index contributed by atoms with van der Waals surface area (Å²) in [6.07, 6.45) is 0.906. The Balaban J connectivity index is 2.33. The molecule has 2 rings (SSSR count). The third kappa shape index (κ3) is 3.33. The minimum atomic E-state index is -3.66. The molecule has 0 radical (unpaired) electrons. The Kier molecular flexibility index (Phi) is 5.12. The Morgan fingerprint density at radius 3 is 2.81 bits per heavy atom. The number of hydrogen-bond acceptors (Lipinski definition) is 7. The van der Waals surface area contributed by atoms with E-state index in [0.717, 1.165) is 29.6 Å². The minimum absolute atomic E-state index is 0.0281. The van der Waals surface area contributed by atoms with E-state index in [-0.39, 0.29) is 20.1 Å². The first kappa shape index (κ1) is 16.5. The number of anilines is 1. The van der Waals surface area contributed by atoms with Crippen LogP contribution in [-0.4, -0.2) is 48.8 Å². The second kappa shape index (κ2) is 6.51. The molecule has 1 aromatic heterocycles. The zero-order chi connectivity index (χ0) is 15.6. The average molecular weight is 351 g/mol. The van der Waals surface area contributed by atoms with Gasteiger partial charge < -0.3 is 5.32 Å². The van der Waals surface area contributed by atoms with E-state index in [4.69, 9.17) is 0 Å². The van der Waals surface area contributed by atoms with E-state index in [1.807, 2.05) is 6.92 Å². The monoisotopic (exact) mass is 351 g/mol. The molecule has 7 nitrogen and oxygen atoms in total. The molecule has 1 N–H and O–H groups in total. The van der Waals surface area contributed by atoms with Gasteiger partial charge in [0.15, 0.2) is 5.00 Å². The van der Waals surface area contributed by atoms with Crippen molar-refractivity contribution in [3.05, 3.63) is 16.2 Å². The van der Waals surface area contributed by atoms with E-state index in [2.05, 4.69) is 5.32 Å². The fourth-order valence-corrected chi connectivity index (χ4v) is 6.40. The maximum atomic E-state index is 12.6. The van der Waals surface area contributed by atoms with Gasteiger partial charge in [-0.05, 0) is 6.42 Å². The standard InChI is InChI=1S/C11H17N3O4S3/c1-3-8-7-13(4-5-19-8)21(17,18)10-6-9(14(15)16)11(12-2)20-10/h6,8,12H,3-5,7H2,1-2H3. The predicted octanol–water partition coefficient (Wildman–Crippen LogP) is 2.21. The smallest absolute Gasteiger partial charge is 0.304 e.